The number of aryl methyl sites for hydroxylation is 2. The van der Waals surface area contributed by atoms with Crippen molar-refractivity contribution in [1.29, 1.82) is 0 Å². The Kier molecular flexibility index (Phi) is 10.5. The molecular weight excluding hydrogens is 509 g/mol. The highest BCUT2D eigenvalue weighted by Gasteiger charge is 2.21. The van der Waals surface area contributed by atoms with E-state index in [4.69, 9.17) is 9.26 Å². The number of ether oxygens (including phenoxy) is 2. The molecule has 9 nitrogen and oxygen atoms in total. The highest BCUT2D eigenvalue weighted by atomic mass is 32.2. The number of halogens is 1. The van der Waals surface area contributed by atoms with Gasteiger partial charge < -0.3 is 18.9 Å². The van der Waals surface area contributed by atoms with Crippen LogP contribution in [-0.4, -0.2) is 66.7 Å². The number of hydrogen-bond donors (Lipinski definition) is 0. The lowest BCUT2D eigenvalue weighted by Crippen LogP contribution is -2.28. The largest absolute Gasteiger partial charge is 0.486 e. The van der Waals surface area contributed by atoms with Crippen LogP contribution in [-0.2, 0) is 11.2 Å². The maximum atomic E-state index is 15.7. The van der Waals surface area contributed by atoms with E-state index in [2.05, 4.69) is 24.9 Å². The van der Waals surface area contributed by atoms with Gasteiger partial charge in [-0.1, -0.05) is 18.1 Å². The van der Waals surface area contributed by atoms with Crippen LogP contribution in [0.5, 0.6) is 5.75 Å². The Bertz CT molecular complexity index is 1280. The number of benzene rings is 2. The van der Waals surface area contributed by atoms with Crippen LogP contribution in [0.15, 0.2) is 50.9 Å². The van der Waals surface area contributed by atoms with Gasteiger partial charge in [0, 0.05) is 30.8 Å². The van der Waals surface area contributed by atoms with Gasteiger partial charge in [0.25, 0.3) is 0 Å². The lowest BCUT2D eigenvalue weighted by molar-refractivity contribution is 0.170. The maximum Gasteiger partial charge on any atom is 0.432 e. The van der Waals surface area contributed by atoms with Gasteiger partial charge in [0.2, 0.25) is 11.7 Å². The molecule has 0 saturated heterocycles. The fourth-order valence-electron chi connectivity index (χ4n) is 3.58. The number of hydrogen-bond acceptors (Lipinski definition) is 9. The smallest absolute Gasteiger partial charge is 0.432 e. The molecule has 38 heavy (non-hydrogen) atoms. The van der Waals surface area contributed by atoms with Crippen molar-refractivity contribution >= 4 is 35.3 Å². The maximum absolute atomic E-state index is 15.7. The molecule has 0 radical (unpaired) electrons. The van der Waals surface area contributed by atoms with Gasteiger partial charge in [-0.3, -0.25) is 4.99 Å². The summed E-state index contributed by atoms with van der Waals surface area (Å²) < 4.78 is 31.3. The number of likely N-dealkylation sites (N-methyl/N-ethyl adjacent to an activating group) is 1. The topological polar surface area (TPSA) is 102 Å². The van der Waals surface area contributed by atoms with Gasteiger partial charge in [0.1, 0.15) is 6.10 Å². The van der Waals surface area contributed by atoms with Crippen LogP contribution >= 0.6 is 11.8 Å². The van der Waals surface area contributed by atoms with Crippen molar-refractivity contribution in [1.82, 2.24) is 15.0 Å². The second-order valence-electron chi connectivity index (χ2n) is 8.76. The van der Waals surface area contributed by atoms with E-state index in [1.54, 1.807) is 24.6 Å². The summed E-state index contributed by atoms with van der Waals surface area (Å²) >= 11 is 1.21. The molecular formula is C27H32FN5O4S. The number of thioether (sulfide) groups is 1. The third kappa shape index (κ3) is 8.22. The van der Waals surface area contributed by atoms with E-state index in [-0.39, 0.29) is 11.9 Å². The second kappa shape index (κ2) is 13.8. The van der Waals surface area contributed by atoms with E-state index in [1.165, 1.54) is 25.1 Å². The number of methoxy groups -OCH3 is 1. The molecule has 3 rings (SSSR count). The summed E-state index contributed by atoms with van der Waals surface area (Å²) in [5, 5.41) is 3.25. The summed E-state index contributed by atoms with van der Waals surface area (Å²) in [5.74, 6) is 0.638. The number of rotatable bonds is 11. The fourth-order valence-corrected chi connectivity index (χ4v) is 4.35. The first kappa shape index (κ1) is 29.0. The van der Waals surface area contributed by atoms with Gasteiger partial charge in [0.15, 0.2) is 11.6 Å². The van der Waals surface area contributed by atoms with Crippen molar-refractivity contribution in [3.05, 3.63) is 59.2 Å². The summed E-state index contributed by atoms with van der Waals surface area (Å²) in [5.41, 5.74) is 4.30. The SMILES string of the molecule is CCc1cc(OC(C)CN(C)C)c(F)c(C(/C=N/C(=O)OC)S/C=N/c2ccc(-c3noc(C)n3)cc2)c1. The minimum absolute atomic E-state index is 0.162. The van der Waals surface area contributed by atoms with Crippen LogP contribution in [0.1, 0.15) is 36.1 Å². The Balaban J connectivity index is 1.86. The van der Waals surface area contributed by atoms with Crippen LogP contribution in [0.4, 0.5) is 14.9 Å². The summed E-state index contributed by atoms with van der Waals surface area (Å²) in [7, 11) is 5.09. The molecule has 1 aromatic heterocycles. The molecule has 0 aliphatic carbocycles. The molecule has 2 atom stereocenters. The Morgan fingerprint density at radius 3 is 2.61 bits per heavy atom. The summed E-state index contributed by atoms with van der Waals surface area (Å²) in [6, 6.07) is 10.8. The van der Waals surface area contributed by atoms with Crippen molar-refractivity contribution in [2.45, 2.75) is 38.5 Å². The zero-order chi connectivity index (χ0) is 27.7. The quantitative estimate of drug-likeness (QED) is 0.214. The molecule has 0 saturated carbocycles. The minimum Gasteiger partial charge on any atom is -0.486 e. The number of nitrogens with zero attached hydrogens (tertiary/aromatic N) is 5. The fraction of sp³-hybridized carbons (Fsp3) is 0.370. The summed E-state index contributed by atoms with van der Waals surface area (Å²) in [6.45, 7) is 6.23. The number of carbonyl (C=O) groups excluding carboxylic acids is 1. The highest BCUT2D eigenvalue weighted by Crippen LogP contribution is 2.34. The average molecular weight is 542 g/mol. The molecule has 0 bridgehead atoms. The normalized spacial score (nSPS) is 13.4. The molecule has 1 amide bonds. The van der Waals surface area contributed by atoms with E-state index in [1.807, 2.05) is 57.1 Å². The van der Waals surface area contributed by atoms with Gasteiger partial charge in [0.05, 0.1) is 23.6 Å². The van der Waals surface area contributed by atoms with Gasteiger partial charge in [-0.2, -0.15) is 9.98 Å². The molecule has 0 fully saturated rings. The Hall–Kier alpha value is -3.57. The zero-order valence-corrected chi connectivity index (χ0v) is 23.2. The Labute approximate surface area is 226 Å². The minimum atomic E-state index is -0.775. The third-order valence-electron chi connectivity index (χ3n) is 5.34. The monoisotopic (exact) mass is 541 g/mol. The molecule has 3 aromatic rings. The third-order valence-corrected chi connectivity index (χ3v) is 6.24. The molecule has 0 spiro atoms. The van der Waals surface area contributed by atoms with Crippen LogP contribution in [0.2, 0.25) is 0 Å². The first-order valence-corrected chi connectivity index (χ1v) is 13.0. The van der Waals surface area contributed by atoms with E-state index in [0.717, 1.165) is 11.1 Å². The van der Waals surface area contributed by atoms with Crippen molar-refractivity contribution in [2.24, 2.45) is 9.98 Å². The molecule has 11 heteroatoms. The summed E-state index contributed by atoms with van der Waals surface area (Å²) in [4.78, 5) is 26.2. The molecule has 202 valence electrons. The van der Waals surface area contributed by atoms with Gasteiger partial charge in [-0.25, -0.2) is 9.18 Å². The van der Waals surface area contributed by atoms with E-state index in [0.29, 0.717) is 35.9 Å². The van der Waals surface area contributed by atoms with Crippen LogP contribution in [0.25, 0.3) is 11.4 Å². The predicted octanol–water partition coefficient (Wildman–Crippen LogP) is 6.05. The average Bonchev–Trinajstić information content (AvgIpc) is 3.33. The van der Waals surface area contributed by atoms with Gasteiger partial charge in [-0.15, -0.1) is 11.8 Å². The van der Waals surface area contributed by atoms with E-state index >= 15 is 4.39 Å². The Morgan fingerprint density at radius 1 is 1.26 bits per heavy atom. The molecule has 0 aliphatic heterocycles. The molecule has 2 aromatic carbocycles. The lowest BCUT2D eigenvalue weighted by atomic mass is 10.0. The standard InChI is InChI=1S/C27H32FN5O4S/c1-7-19-12-22(25(28)23(13-19)36-17(2)15-33(4)5)24(14-29-27(34)35-6)38-16-30-21-10-8-20(9-11-21)26-31-18(3)37-32-26/h8-14,16-17,24H,7,15H2,1-6H3/b29-14+,30-16+. The van der Waals surface area contributed by atoms with Crippen LogP contribution in [0.3, 0.4) is 0 Å². The number of amides is 1. The van der Waals surface area contributed by atoms with Crippen molar-refractivity contribution < 1.29 is 23.2 Å². The lowest BCUT2D eigenvalue weighted by Gasteiger charge is -2.21. The zero-order valence-electron chi connectivity index (χ0n) is 22.3. The van der Waals surface area contributed by atoms with E-state index in [9.17, 15) is 4.79 Å². The number of aliphatic imine (C=N–C) groups is 2. The first-order chi connectivity index (χ1) is 18.2. The molecule has 2 unspecified atom stereocenters. The van der Waals surface area contributed by atoms with Gasteiger partial charge >= 0.3 is 6.09 Å². The highest BCUT2D eigenvalue weighted by molar-refractivity contribution is 8.12. The van der Waals surface area contributed by atoms with Crippen LogP contribution < -0.4 is 4.74 Å². The Morgan fingerprint density at radius 2 is 2.00 bits per heavy atom. The molecule has 1 heterocycles. The van der Waals surface area contributed by atoms with Crippen molar-refractivity contribution in [3.63, 3.8) is 0 Å². The summed E-state index contributed by atoms with van der Waals surface area (Å²) in [6.07, 6.45) is 1.03. The number of carbonyl (C=O) groups is 1. The van der Waals surface area contributed by atoms with E-state index < -0.39 is 17.2 Å². The van der Waals surface area contributed by atoms with Crippen molar-refractivity contribution in [3.8, 4) is 17.1 Å². The van der Waals surface area contributed by atoms with Crippen LogP contribution in [0, 0.1) is 12.7 Å². The molecule has 0 N–H and O–H groups in total. The van der Waals surface area contributed by atoms with Crippen molar-refractivity contribution in [2.75, 3.05) is 27.7 Å². The second-order valence-corrected chi connectivity index (χ2v) is 9.76. The van der Waals surface area contributed by atoms with Gasteiger partial charge in [-0.05, 0) is 63.3 Å². The number of aromatic nitrogens is 2. The molecule has 0 aliphatic rings. The predicted molar refractivity (Wildman–Crippen MR) is 148 cm³/mol. The first-order valence-electron chi connectivity index (χ1n) is 12.0.